The Morgan fingerprint density at radius 2 is 2.18 bits per heavy atom. The van der Waals surface area contributed by atoms with Crippen LogP contribution in [0.15, 0.2) is 0 Å². The molecule has 0 aromatic rings. The molecule has 0 rings (SSSR count). The van der Waals surface area contributed by atoms with Crippen LogP contribution in [0.25, 0.3) is 0 Å². The van der Waals surface area contributed by atoms with Crippen molar-refractivity contribution < 1.29 is 4.74 Å². The Morgan fingerprint density at radius 3 is 2.64 bits per heavy atom. The zero-order valence-electron chi connectivity index (χ0n) is 7.34. The van der Waals surface area contributed by atoms with E-state index in [4.69, 9.17) is 16.9 Å². The second kappa shape index (κ2) is 6.21. The van der Waals surface area contributed by atoms with E-state index < -0.39 is 0 Å². The van der Waals surface area contributed by atoms with E-state index in [1.165, 1.54) is 0 Å². The Labute approximate surface area is 69.1 Å². The van der Waals surface area contributed by atoms with Gasteiger partial charge in [0.1, 0.15) is 6.61 Å². The van der Waals surface area contributed by atoms with Gasteiger partial charge < -0.3 is 10.5 Å². The summed E-state index contributed by atoms with van der Waals surface area (Å²) < 4.78 is 5.08. The fraction of sp³-hybridized carbons (Fsp3) is 0.778. The molecule has 0 aliphatic carbocycles. The molecule has 11 heavy (non-hydrogen) atoms. The highest BCUT2D eigenvalue weighted by atomic mass is 16.5. The van der Waals surface area contributed by atoms with Crippen LogP contribution < -0.4 is 5.73 Å². The van der Waals surface area contributed by atoms with Crippen molar-refractivity contribution in [1.29, 1.82) is 0 Å². The fourth-order valence-corrected chi connectivity index (χ4v) is 0.943. The zero-order chi connectivity index (χ0) is 8.69. The summed E-state index contributed by atoms with van der Waals surface area (Å²) in [6.45, 7) is 5.22. The lowest BCUT2D eigenvalue weighted by Crippen LogP contribution is -2.27. The maximum atomic E-state index is 5.72. The minimum absolute atomic E-state index is 0.128. The summed E-state index contributed by atoms with van der Waals surface area (Å²) in [6, 6.07) is 0.128. The standard InChI is InChI=1S/C9H17NO/c1-4-5-11-7-9(10)6-8(2)3/h1,8-9H,5-7,10H2,2-3H3/t9-/m1/s1. The average molecular weight is 155 g/mol. The Bertz CT molecular complexity index is 126. The first kappa shape index (κ1) is 10.5. The SMILES string of the molecule is C#CCOC[C@H](N)CC(C)C. The van der Waals surface area contributed by atoms with Crippen molar-refractivity contribution in [2.24, 2.45) is 11.7 Å². The maximum Gasteiger partial charge on any atom is 0.107 e. The van der Waals surface area contributed by atoms with Crippen LogP contribution >= 0.6 is 0 Å². The number of terminal acetylenes is 1. The quantitative estimate of drug-likeness (QED) is 0.475. The van der Waals surface area contributed by atoms with Crippen LogP contribution in [0, 0.1) is 18.3 Å². The minimum Gasteiger partial charge on any atom is -0.367 e. The molecule has 64 valence electrons. The van der Waals surface area contributed by atoms with E-state index in [2.05, 4.69) is 19.8 Å². The topological polar surface area (TPSA) is 35.2 Å². The molecule has 0 aromatic heterocycles. The van der Waals surface area contributed by atoms with Gasteiger partial charge in [-0.05, 0) is 12.3 Å². The van der Waals surface area contributed by atoms with E-state index in [0.717, 1.165) is 6.42 Å². The van der Waals surface area contributed by atoms with Crippen molar-refractivity contribution in [2.75, 3.05) is 13.2 Å². The van der Waals surface area contributed by atoms with Crippen molar-refractivity contribution in [2.45, 2.75) is 26.3 Å². The highest BCUT2D eigenvalue weighted by Crippen LogP contribution is 2.02. The molecule has 0 aliphatic rings. The summed E-state index contributed by atoms with van der Waals surface area (Å²) in [7, 11) is 0. The average Bonchev–Trinajstić information content (AvgIpc) is 1.86. The first-order valence-electron chi connectivity index (χ1n) is 3.93. The van der Waals surface area contributed by atoms with Crippen LogP contribution in [0.1, 0.15) is 20.3 Å². The molecule has 2 N–H and O–H groups in total. The second-order valence-corrected chi connectivity index (χ2v) is 3.11. The molecule has 2 nitrogen and oxygen atoms in total. The van der Waals surface area contributed by atoms with Crippen LogP contribution in [-0.4, -0.2) is 19.3 Å². The molecule has 0 saturated heterocycles. The molecule has 0 radical (unpaired) electrons. The third kappa shape index (κ3) is 7.38. The van der Waals surface area contributed by atoms with E-state index in [1.54, 1.807) is 0 Å². The van der Waals surface area contributed by atoms with Gasteiger partial charge in [-0.25, -0.2) is 0 Å². The van der Waals surface area contributed by atoms with Gasteiger partial charge in [0.05, 0.1) is 6.61 Å². The third-order valence-corrected chi connectivity index (χ3v) is 1.29. The lowest BCUT2D eigenvalue weighted by atomic mass is 10.1. The van der Waals surface area contributed by atoms with Crippen molar-refractivity contribution in [3.8, 4) is 12.3 Å². The lowest BCUT2D eigenvalue weighted by molar-refractivity contribution is 0.144. The van der Waals surface area contributed by atoms with Gasteiger partial charge in [0.25, 0.3) is 0 Å². The van der Waals surface area contributed by atoms with Gasteiger partial charge in [-0.1, -0.05) is 19.8 Å². The van der Waals surface area contributed by atoms with E-state index in [9.17, 15) is 0 Å². The zero-order valence-corrected chi connectivity index (χ0v) is 7.34. The number of ether oxygens (including phenoxy) is 1. The van der Waals surface area contributed by atoms with Crippen molar-refractivity contribution >= 4 is 0 Å². The van der Waals surface area contributed by atoms with Gasteiger partial charge in [-0.15, -0.1) is 6.42 Å². The van der Waals surface area contributed by atoms with Crippen LogP contribution in [0.3, 0.4) is 0 Å². The number of rotatable bonds is 5. The molecule has 0 unspecified atom stereocenters. The molecule has 2 heteroatoms. The number of nitrogens with two attached hydrogens (primary N) is 1. The van der Waals surface area contributed by atoms with Gasteiger partial charge in [0.2, 0.25) is 0 Å². The van der Waals surface area contributed by atoms with Gasteiger partial charge >= 0.3 is 0 Å². The van der Waals surface area contributed by atoms with Gasteiger partial charge in [0.15, 0.2) is 0 Å². The molecule has 1 atom stereocenters. The molecule has 0 aliphatic heterocycles. The normalized spacial score (nSPS) is 13.0. The van der Waals surface area contributed by atoms with E-state index in [-0.39, 0.29) is 6.04 Å². The number of hydrogen-bond donors (Lipinski definition) is 1. The highest BCUT2D eigenvalue weighted by Gasteiger charge is 2.04. The summed E-state index contributed by atoms with van der Waals surface area (Å²) in [5.41, 5.74) is 5.72. The summed E-state index contributed by atoms with van der Waals surface area (Å²) in [5, 5.41) is 0. The van der Waals surface area contributed by atoms with Crippen LogP contribution in [0.5, 0.6) is 0 Å². The summed E-state index contributed by atoms with van der Waals surface area (Å²) in [4.78, 5) is 0. The number of hydrogen-bond acceptors (Lipinski definition) is 2. The third-order valence-electron chi connectivity index (χ3n) is 1.29. The Morgan fingerprint density at radius 1 is 1.55 bits per heavy atom. The summed E-state index contributed by atoms with van der Waals surface area (Å²) in [6.07, 6.45) is 5.99. The van der Waals surface area contributed by atoms with Crippen LogP contribution in [0.4, 0.5) is 0 Å². The minimum atomic E-state index is 0.128. The fourth-order valence-electron chi connectivity index (χ4n) is 0.943. The van der Waals surface area contributed by atoms with Crippen molar-refractivity contribution in [3.63, 3.8) is 0 Å². The molecule has 0 bridgehead atoms. The first-order chi connectivity index (χ1) is 5.16. The molecule has 0 heterocycles. The largest absolute Gasteiger partial charge is 0.367 e. The molecule has 0 fully saturated rings. The molecule has 0 amide bonds. The van der Waals surface area contributed by atoms with Crippen LogP contribution in [0.2, 0.25) is 0 Å². The van der Waals surface area contributed by atoms with Crippen LogP contribution in [-0.2, 0) is 4.74 Å². The van der Waals surface area contributed by atoms with Crippen molar-refractivity contribution in [3.05, 3.63) is 0 Å². The van der Waals surface area contributed by atoms with E-state index in [1.807, 2.05) is 0 Å². The Balaban J connectivity index is 3.24. The van der Waals surface area contributed by atoms with Gasteiger partial charge in [0, 0.05) is 6.04 Å². The Kier molecular flexibility index (Phi) is 5.91. The predicted octanol–water partition coefficient (Wildman–Crippen LogP) is 1.01. The second-order valence-electron chi connectivity index (χ2n) is 3.11. The molecule has 0 aromatic carbocycles. The van der Waals surface area contributed by atoms with E-state index >= 15 is 0 Å². The molecular formula is C9H17NO. The Hall–Kier alpha value is -0.520. The summed E-state index contributed by atoms with van der Waals surface area (Å²) in [5.74, 6) is 3.02. The summed E-state index contributed by atoms with van der Waals surface area (Å²) >= 11 is 0. The smallest absolute Gasteiger partial charge is 0.107 e. The lowest BCUT2D eigenvalue weighted by Gasteiger charge is -2.12. The molecular weight excluding hydrogens is 138 g/mol. The highest BCUT2D eigenvalue weighted by molar-refractivity contribution is 4.83. The first-order valence-corrected chi connectivity index (χ1v) is 3.93. The van der Waals surface area contributed by atoms with E-state index in [0.29, 0.717) is 19.1 Å². The molecule has 0 saturated carbocycles. The predicted molar refractivity (Wildman–Crippen MR) is 47.1 cm³/mol. The van der Waals surface area contributed by atoms with Crippen molar-refractivity contribution in [1.82, 2.24) is 0 Å². The monoisotopic (exact) mass is 155 g/mol. The maximum absolute atomic E-state index is 5.72. The van der Waals surface area contributed by atoms with Gasteiger partial charge in [-0.3, -0.25) is 0 Å². The van der Waals surface area contributed by atoms with Gasteiger partial charge in [-0.2, -0.15) is 0 Å². The molecule has 0 spiro atoms.